The van der Waals surface area contributed by atoms with Gasteiger partial charge in [0, 0.05) is 25.1 Å². The smallest absolute Gasteiger partial charge is 0.124 e. The average molecular weight is 421 g/mol. The molecule has 1 aliphatic rings. The Morgan fingerprint density at radius 1 is 0.800 bits per heavy atom. The number of aromatic nitrogens is 2. The second-order valence-electron chi connectivity index (χ2n) is 7.60. The number of para-hydroxylation sites is 2. The molecule has 2 nitrogen and oxygen atoms in total. The summed E-state index contributed by atoms with van der Waals surface area (Å²) in [7, 11) is 0. The lowest BCUT2D eigenvalue weighted by Gasteiger charge is -2.20. The molecule has 4 aromatic carbocycles. The normalized spacial score (nSPS) is 13.1. The van der Waals surface area contributed by atoms with Gasteiger partial charge in [-0.05, 0) is 47.5 Å². The molecule has 0 radical (unpaired) electrons. The predicted octanol–water partition coefficient (Wildman–Crippen LogP) is 7.67. The first kappa shape index (κ1) is 16.7. The van der Waals surface area contributed by atoms with Crippen molar-refractivity contribution in [2.75, 3.05) is 0 Å². The fourth-order valence-corrected chi connectivity index (χ4v) is 6.65. The molecule has 0 N–H and O–H groups in total. The lowest BCUT2D eigenvalue weighted by Crippen LogP contribution is -2.06. The van der Waals surface area contributed by atoms with Crippen LogP contribution in [-0.2, 0) is 5.75 Å². The molecule has 0 saturated carbocycles. The lowest BCUT2D eigenvalue weighted by molar-refractivity contribution is 0.946. The van der Waals surface area contributed by atoms with Gasteiger partial charge in [-0.3, -0.25) is 4.57 Å². The molecule has 142 valence electrons. The Bertz CT molecular complexity index is 1610. The first-order valence-electron chi connectivity index (χ1n) is 10.0. The summed E-state index contributed by atoms with van der Waals surface area (Å²) in [5.74, 6) is 2.04. The van der Waals surface area contributed by atoms with E-state index >= 15 is 0 Å². The molecule has 0 spiro atoms. The Kier molecular flexibility index (Phi) is 3.45. The highest BCUT2D eigenvalue weighted by Crippen LogP contribution is 2.43. The van der Waals surface area contributed by atoms with Crippen molar-refractivity contribution in [1.82, 2.24) is 9.55 Å². The van der Waals surface area contributed by atoms with Gasteiger partial charge in [0.1, 0.15) is 5.82 Å². The maximum atomic E-state index is 4.88. The second-order valence-corrected chi connectivity index (χ2v) is 9.70. The van der Waals surface area contributed by atoms with Crippen LogP contribution >= 0.6 is 23.1 Å². The number of rotatable bonds is 1. The highest BCUT2D eigenvalue weighted by Gasteiger charge is 2.21. The molecule has 0 bridgehead atoms. The molecule has 0 saturated heterocycles. The summed E-state index contributed by atoms with van der Waals surface area (Å²) < 4.78 is 5.03. The highest BCUT2D eigenvalue weighted by molar-refractivity contribution is 7.98. The monoisotopic (exact) mass is 420 g/mol. The Labute approximate surface area is 181 Å². The fourth-order valence-electron chi connectivity index (χ4n) is 4.58. The van der Waals surface area contributed by atoms with Gasteiger partial charge < -0.3 is 0 Å². The quantitative estimate of drug-likeness (QED) is 0.272. The van der Waals surface area contributed by atoms with E-state index in [2.05, 4.69) is 89.5 Å². The minimum absolute atomic E-state index is 0.909. The van der Waals surface area contributed by atoms with E-state index < -0.39 is 0 Å². The molecule has 3 heterocycles. The second kappa shape index (κ2) is 6.21. The van der Waals surface area contributed by atoms with Crippen molar-refractivity contribution in [2.24, 2.45) is 0 Å². The first-order valence-corrected chi connectivity index (χ1v) is 11.8. The standard InChI is InChI=1S/C26H16N2S2/c1-4-10-22-18(6-1)26-17(7-5-11-24(26)30-22)16-12-13-23-21(14-16)28-20-9-3-2-8-19(20)27-25(28)15-29-23/h1-14H,15H2. The van der Waals surface area contributed by atoms with Gasteiger partial charge in [-0.15, -0.1) is 23.1 Å². The molecule has 4 heteroatoms. The van der Waals surface area contributed by atoms with Gasteiger partial charge in [-0.1, -0.05) is 48.5 Å². The van der Waals surface area contributed by atoms with Crippen molar-refractivity contribution in [2.45, 2.75) is 10.6 Å². The summed E-state index contributed by atoms with van der Waals surface area (Å²) in [6.45, 7) is 0. The van der Waals surface area contributed by atoms with E-state index in [1.165, 1.54) is 47.4 Å². The first-order chi connectivity index (χ1) is 14.9. The van der Waals surface area contributed by atoms with E-state index in [9.17, 15) is 0 Å². The Hall–Kier alpha value is -3.08. The highest BCUT2D eigenvalue weighted by atomic mass is 32.2. The molecule has 0 unspecified atom stereocenters. The van der Waals surface area contributed by atoms with Crippen molar-refractivity contribution in [1.29, 1.82) is 0 Å². The predicted molar refractivity (Wildman–Crippen MR) is 129 cm³/mol. The lowest BCUT2D eigenvalue weighted by atomic mass is 9.99. The van der Waals surface area contributed by atoms with Gasteiger partial charge in [0.05, 0.1) is 22.5 Å². The zero-order chi connectivity index (χ0) is 19.7. The van der Waals surface area contributed by atoms with Crippen LogP contribution in [0.1, 0.15) is 5.82 Å². The van der Waals surface area contributed by atoms with Gasteiger partial charge in [-0.25, -0.2) is 4.98 Å². The van der Waals surface area contributed by atoms with Gasteiger partial charge in [-0.2, -0.15) is 0 Å². The van der Waals surface area contributed by atoms with Crippen molar-refractivity contribution < 1.29 is 0 Å². The topological polar surface area (TPSA) is 17.8 Å². The fraction of sp³-hybridized carbons (Fsp3) is 0.0385. The van der Waals surface area contributed by atoms with Gasteiger partial charge in [0.15, 0.2) is 0 Å². The van der Waals surface area contributed by atoms with E-state index in [4.69, 9.17) is 4.98 Å². The Morgan fingerprint density at radius 2 is 1.67 bits per heavy atom. The molecule has 0 amide bonds. The van der Waals surface area contributed by atoms with Crippen LogP contribution < -0.4 is 0 Å². The van der Waals surface area contributed by atoms with Crippen LogP contribution in [0.3, 0.4) is 0 Å². The third-order valence-corrected chi connectivity index (χ3v) is 8.10. The zero-order valence-electron chi connectivity index (χ0n) is 16.0. The van der Waals surface area contributed by atoms with Crippen LogP contribution in [0, 0.1) is 0 Å². The third kappa shape index (κ3) is 2.29. The largest absolute Gasteiger partial charge is 0.294 e. The van der Waals surface area contributed by atoms with E-state index in [-0.39, 0.29) is 0 Å². The van der Waals surface area contributed by atoms with Gasteiger partial charge >= 0.3 is 0 Å². The van der Waals surface area contributed by atoms with E-state index in [0.717, 1.165) is 17.1 Å². The number of imidazole rings is 1. The van der Waals surface area contributed by atoms with Crippen LogP contribution in [0.5, 0.6) is 0 Å². The van der Waals surface area contributed by atoms with Crippen LogP contribution in [0.2, 0.25) is 0 Å². The van der Waals surface area contributed by atoms with Crippen molar-refractivity contribution in [3.05, 3.63) is 90.8 Å². The van der Waals surface area contributed by atoms with Crippen molar-refractivity contribution >= 4 is 54.3 Å². The summed E-state index contributed by atoms with van der Waals surface area (Å²) >= 11 is 3.75. The SMILES string of the molecule is c1ccc2c(c1)nc1n2-c2cc(-c3cccc4sc5ccccc5c34)ccc2SC1. The van der Waals surface area contributed by atoms with Crippen LogP contribution in [0.4, 0.5) is 0 Å². The Morgan fingerprint density at radius 3 is 2.67 bits per heavy atom. The summed E-state index contributed by atoms with van der Waals surface area (Å²) in [5.41, 5.74) is 6.05. The summed E-state index contributed by atoms with van der Waals surface area (Å²) in [4.78, 5) is 6.20. The van der Waals surface area contributed by atoms with E-state index in [1.807, 2.05) is 23.1 Å². The van der Waals surface area contributed by atoms with Crippen LogP contribution in [0.15, 0.2) is 89.8 Å². The number of hydrogen-bond donors (Lipinski definition) is 0. The molecule has 2 aromatic heterocycles. The number of nitrogens with zero attached hydrogens (tertiary/aromatic N) is 2. The van der Waals surface area contributed by atoms with Crippen LogP contribution in [0.25, 0.3) is 48.0 Å². The molecule has 1 aliphatic heterocycles. The van der Waals surface area contributed by atoms with Crippen molar-refractivity contribution in [3.63, 3.8) is 0 Å². The van der Waals surface area contributed by atoms with Crippen molar-refractivity contribution in [3.8, 4) is 16.8 Å². The number of hydrogen-bond acceptors (Lipinski definition) is 3. The van der Waals surface area contributed by atoms with E-state index in [1.54, 1.807) is 0 Å². The zero-order valence-corrected chi connectivity index (χ0v) is 17.6. The number of thiophene rings is 1. The molecular formula is C26H16N2S2. The van der Waals surface area contributed by atoms with Gasteiger partial charge in [0.2, 0.25) is 0 Å². The average Bonchev–Trinajstić information content (AvgIpc) is 3.37. The molecule has 30 heavy (non-hydrogen) atoms. The summed E-state index contributed by atoms with van der Waals surface area (Å²) in [5, 5.41) is 2.70. The maximum Gasteiger partial charge on any atom is 0.124 e. The number of thioether (sulfide) groups is 1. The molecular weight excluding hydrogens is 404 g/mol. The Balaban J connectivity index is 1.52. The molecule has 0 aliphatic carbocycles. The minimum Gasteiger partial charge on any atom is -0.294 e. The van der Waals surface area contributed by atoms with Crippen LogP contribution in [-0.4, -0.2) is 9.55 Å². The van der Waals surface area contributed by atoms with Gasteiger partial charge in [0.25, 0.3) is 0 Å². The molecule has 6 aromatic rings. The summed E-state index contributed by atoms with van der Waals surface area (Å²) in [6.07, 6.45) is 0. The molecule has 0 atom stereocenters. The summed E-state index contributed by atoms with van der Waals surface area (Å²) in [6, 6.07) is 30.7. The maximum absolute atomic E-state index is 4.88. The molecule has 7 rings (SSSR count). The third-order valence-electron chi connectivity index (χ3n) is 5.90. The van der Waals surface area contributed by atoms with E-state index in [0.29, 0.717) is 0 Å². The minimum atomic E-state index is 0.909. The number of benzene rings is 4. The molecule has 0 fully saturated rings. The number of fused-ring (bicyclic) bond motifs is 8.